The lowest BCUT2D eigenvalue weighted by Gasteiger charge is -2.07. The SMILES string of the molecule is ClC(Cl)=C(c1csc2ccccc12)c1csc2ccccc12. The summed E-state index contributed by atoms with van der Waals surface area (Å²) in [6.07, 6.45) is 0. The average Bonchev–Trinajstić information content (AvgIpc) is 3.13. The van der Waals surface area contributed by atoms with Gasteiger partial charge in [-0.3, -0.25) is 0 Å². The molecule has 2 aromatic carbocycles. The Hall–Kier alpha value is -1.32. The van der Waals surface area contributed by atoms with Gasteiger partial charge in [-0.05, 0) is 22.9 Å². The Morgan fingerprint density at radius 3 is 1.59 bits per heavy atom. The van der Waals surface area contributed by atoms with Gasteiger partial charge in [-0.15, -0.1) is 22.7 Å². The summed E-state index contributed by atoms with van der Waals surface area (Å²) in [5, 5.41) is 6.65. The summed E-state index contributed by atoms with van der Waals surface area (Å²) in [6, 6.07) is 16.7. The minimum absolute atomic E-state index is 0.312. The van der Waals surface area contributed by atoms with Crippen molar-refractivity contribution in [1.82, 2.24) is 0 Å². The van der Waals surface area contributed by atoms with Crippen molar-refractivity contribution in [1.29, 1.82) is 0 Å². The molecule has 0 aliphatic carbocycles. The minimum atomic E-state index is 0.312. The lowest BCUT2D eigenvalue weighted by molar-refractivity contribution is 1.73. The van der Waals surface area contributed by atoms with Crippen LogP contribution in [0.25, 0.3) is 25.7 Å². The van der Waals surface area contributed by atoms with Gasteiger partial charge in [-0.2, -0.15) is 0 Å². The van der Waals surface area contributed by atoms with E-state index in [2.05, 4.69) is 35.0 Å². The summed E-state index contributed by atoms with van der Waals surface area (Å²) in [5.74, 6) is 0. The average molecular weight is 361 g/mol. The molecule has 0 atom stereocenters. The fraction of sp³-hybridized carbons (Fsp3) is 0. The second kappa shape index (κ2) is 5.71. The standard InChI is InChI=1S/C18H10Cl2S2/c19-18(20)17(13-9-21-15-7-3-1-5-11(13)15)14-10-22-16-8-4-2-6-12(14)16/h1-10H. The van der Waals surface area contributed by atoms with E-state index in [0.717, 1.165) is 16.7 Å². The first-order valence-electron chi connectivity index (χ1n) is 6.74. The largest absolute Gasteiger partial charge is 0.143 e. The van der Waals surface area contributed by atoms with Gasteiger partial charge < -0.3 is 0 Å². The van der Waals surface area contributed by atoms with Crippen LogP contribution >= 0.6 is 45.9 Å². The predicted octanol–water partition coefficient (Wildman–Crippen LogP) is 7.31. The first-order valence-corrected chi connectivity index (χ1v) is 9.25. The second-order valence-electron chi connectivity index (χ2n) is 4.93. The molecule has 0 N–H and O–H groups in total. The fourth-order valence-electron chi connectivity index (χ4n) is 2.69. The van der Waals surface area contributed by atoms with Gasteiger partial charge in [0.15, 0.2) is 0 Å². The molecule has 0 aliphatic heterocycles. The lowest BCUT2D eigenvalue weighted by Crippen LogP contribution is -1.86. The smallest absolute Gasteiger partial charge is 0.115 e. The molecule has 4 aromatic rings. The fourth-order valence-corrected chi connectivity index (χ4v) is 5.00. The maximum absolute atomic E-state index is 6.28. The van der Waals surface area contributed by atoms with E-state index in [4.69, 9.17) is 23.2 Å². The van der Waals surface area contributed by atoms with Crippen LogP contribution in [0.3, 0.4) is 0 Å². The predicted molar refractivity (Wildman–Crippen MR) is 101 cm³/mol. The number of fused-ring (bicyclic) bond motifs is 2. The topological polar surface area (TPSA) is 0 Å². The Bertz CT molecular complexity index is 928. The van der Waals surface area contributed by atoms with E-state index in [9.17, 15) is 0 Å². The Labute approximate surface area is 146 Å². The van der Waals surface area contributed by atoms with Gasteiger partial charge in [0, 0.05) is 36.9 Å². The maximum Gasteiger partial charge on any atom is 0.115 e. The van der Waals surface area contributed by atoms with Gasteiger partial charge in [-0.25, -0.2) is 0 Å². The van der Waals surface area contributed by atoms with Crippen LogP contribution in [0.15, 0.2) is 63.8 Å². The molecule has 2 heterocycles. The molecular formula is C18H10Cl2S2. The number of thiophene rings is 2. The van der Waals surface area contributed by atoms with E-state index in [0.29, 0.717) is 4.49 Å². The van der Waals surface area contributed by atoms with Crippen molar-refractivity contribution in [2.45, 2.75) is 0 Å². The highest BCUT2D eigenvalue weighted by molar-refractivity contribution is 7.18. The van der Waals surface area contributed by atoms with Crippen molar-refractivity contribution in [2.24, 2.45) is 0 Å². The van der Waals surface area contributed by atoms with Crippen LogP contribution in [0.1, 0.15) is 11.1 Å². The Morgan fingerprint density at radius 1 is 0.682 bits per heavy atom. The van der Waals surface area contributed by atoms with Crippen molar-refractivity contribution in [3.8, 4) is 0 Å². The number of halogens is 2. The third kappa shape index (κ3) is 2.27. The van der Waals surface area contributed by atoms with E-state index in [1.807, 2.05) is 24.3 Å². The lowest BCUT2D eigenvalue weighted by atomic mass is 9.98. The molecule has 0 radical (unpaired) electrons. The van der Waals surface area contributed by atoms with Crippen LogP contribution in [0.2, 0.25) is 0 Å². The van der Waals surface area contributed by atoms with Crippen LogP contribution in [-0.2, 0) is 0 Å². The van der Waals surface area contributed by atoms with E-state index in [1.165, 1.54) is 20.2 Å². The summed E-state index contributed by atoms with van der Waals surface area (Å²) in [7, 11) is 0. The molecule has 0 aliphatic rings. The summed E-state index contributed by atoms with van der Waals surface area (Å²) < 4.78 is 2.79. The molecule has 0 nitrogen and oxygen atoms in total. The molecule has 0 saturated heterocycles. The minimum Gasteiger partial charge on any atom is -0.143 e. The third-order valence-electron chi connectivity index (χ3n) is 3.69. The molecule has 0 bridgehead atoms. The molecule has 0 saturated carbocycles. The molecule has 2 aromatic heterocycles. The van der Waals surface area contributed by atoms with Gasteiger partial charge in [0.25, 0.3) is 0 Å². The zero-order valence-corrected chi connectivity index (χ0v) is 14.5. The zero-order valence-electron chi connectivity index (χ0n) is 11.3. The van der Waals surface area contributed by atoms with Gasteiger partial charge in [0.2, 0.25) is 0 Å². The van der Waals surface area contributed by atoms with Gasteiger partial charge in [-0.1, -0.05) is 59.6 Å². The van der Waals surface area contributed by atoms with Crippen LogP contribution < -0.4 is 0 Å². The third-order valence-corrected chi connectivity index (χ3v) is 5.99. The highest BCUT2D eigenvalue weighted by Crippen LogP contribution is 2.42. The second-order valence-corrected chi connectivity index (χ2v) is 7.70. The normalized spacial score (nSPS) is 11.2. The van der Waals surface area contributed by atoms with Crippen LogP contribution in [-0.4, -0.2) is 0 Å². The van der Waals surface area contributed by atoms with Gasteiger partial charge in [0.1, 0.15) is 4.49 Å². The number of benzene rings is 2. The maximum atomic E-state index is 6.28. The zero-order chi connectivity index (χ0) is 15.1. The quantitative estimate of drug-likeness (QED) is 0.351. The molecule has 4 heteroatoms. The van der Waals surface area contributed by atoms with E-state index in [1.54, 1.807) is 22.7 Å². The molecule has 0 spiro atoms. The van der Waals surface area contributed by atoms with Crippen molar-refractivity contribution in [3.63, 3.8) is 0 Å². The molecule has 0 fully saturated rings. The van der Waals surface area contributed by atoms with Gasteiger partial charge >= 0.3 is 0 Å². The van der Waals surface area contributed by atoms with Gasteiger partial charge in [0.05, 0.1) is 0 Å². The van der Waals surface area contributed by atoms with Crippen molar-refractivity contribution in [3.05, 3.63) is 74.9 Å². The number of hydrogen-bond donors (Lipinski definition) is 0. The highest BCUT2D eigenvalue weighted by Gasteiger charge is 2.17. The summed E-state index contributed by atoms with van der Waals surface area (Å²) in [6.45, 7) is 0. The molecule has 0 unspecified atom stereocenters. The van der Waals surface area contributed by atoms with E-state index in [-0.39, 0.29) is 0 Å². The summed E-state index contributed by atoms with van der Waals surface area (Å²) >= 11 is 16.0. The molecule has 0 amide bonds. The highest BCUT2D eigenvalue weighted by atomic mass is 35.5. The molecular weight excluding hydrogens is 351 g/mol. The number of hydrogen-bond acceptors (Lipinski definition) is 2. The molecule has 108 valence electrons. The van der Waals surface area contributed by atoms with Crippen LogP contribution in [0.5, 0.6) is 0 Å². The Morgan fingerprint density at radius 2 is 1.14 bits per heavy atom. The van der Waals surface area contributed by atoms with E-state index >= 15 is 0 Å². The number of rotatable bonds is 2. The van der Waals surface area contributed by atoms with Crippen LogP contribution in [0.4, 0.5) is 0 Å². The molecule has 22 heavy (non-hydrogen) atoms. The van der Waals surface area contributed by atoms with Crippen molar-refractivity contribution in [2.75, 3.05) is 0 Å². The van der Waals surface area contributed by atoms with Crippen molar-refractivity contribution < 1.29 is 0 Å². The molecule has 4 rings (SSSR count). The summed E-state index contributed by atoms with van der Waals surface area (Å²) in [5.41, 5.74) is 3.12. The Kier molecular flexibility index (Phi) is 3.71. The van der Waals surface area contributed by atoms with Crippen molar-refractivity contribution >= 4 is 71.6 Å². The Balaban J connectivity index is 2.02. The monoisotopic (exact) mass is 360 g/mol. The summed E-state index contributed by atoms with van der Waals surface area (Å²) in [4.78, 5) is 0. The first kappa shape index (κ1) is 14.3. The first-order chi connectivity index (χ1) is 10.8. The van der Waals surface area contributed by atoms with Crippen LogP contribution in [0, 0.1) is 0 Å². The van der Waals surface area contributed by atoms with E-state index < -0.39 is 0 Å².